The van der Waals surface area contributed by atoms with Crippen molar-refractivity contribution in [3.8, 4) is 5.95 Å². The summed E-state index contributed by atoms with van der Waals surface area (Å²) in [5, 5.41) is 4.36. The maximum Gasteiger partial charge on any atom is 0.260 e. The van der Waals surface area contributed by atoms with E-state index in [0.717, 1.165) is 12.0 Å². The average molecular weight is 258 g/mol. The van der Waals surface area contributed by atoms with Crippen molar-refractivity contribution in [1.82, 2.24) is 19.7 Å². The SMILES string of the molecule is CCc1cnn(-c2nc3ccc(F)cc3c(=O)[nH]2)c1. The molecule has 0 amide bonds. The van der Waals surface area contributed by atoms with Crippen LogP contribution in [0.15, 0.2) is 35.4 Å². The molecule has 0 saturated carbocycles. The van der Waals surface area contributed by atoms with Gasteiger partial charge in [-0.15, -0.1) is 0 Å². The number of H-pyrrole nitrogens is 1. The summed E-state index contributed by atoms with van der Waals surface area (Å²) in [7, 11) is 0. The molecule has 0 aliphatic rings. The molecule has 0 unspecified atom stereocenters. The second-order valence-electron chi connectivity index (χ2n) is 4.20. The fraction of sp³-hybridized carbons (Fsp3) is 0.154. The number of aryl methyl sites for hydroxylation is 1. The predicted octanol–water partition coefficient (Wildman–Crippen LogP) is 1.81. The summed E-state index contributed by atoms with van der Waals surface area (Å²) in [6, 6.07) is 3.93. The third kappa shape index (κ3) is 2.01. The van der Waals surface area contributed by atoms with Crippen molar-refractivity contribution in [2.45, 2.75) is 13.3 Å². The Hall–Kier alpha value is -2.50. The van der Waals surface area contributed by atoms with Gasteiger partial charge in [-0.05, 0) is 30.2 Å². The van der Waals surface area contributed by atoms with Crippen LogP contribution in [0.1, 0.15) is 12.5 Å². The molecule has 96 valence electrons. The summed E-state index contributed by atoms with van der Waals surface area (Å²) in [6.45, 7) is 2.01. The molecule has 0 bridgehead atoms. The topological polar surface area (TPSA) is 63.6 Å². The summed E-state index contributed by atoms with van der Waals surface area (Å²) in [5.74, 6) is -0.135. The van der Waals surface area contributed by atoms with E-state index in [2.05, 4.69) is 15.1 Å². The number of nitrogens with zero attached hydrogens (tertiary/aromatic N) is 3. The van der Waals surface area contributed by atoms with Gasteiger partial charge in [-0.1, -0.05) is 6.92 Å². The Kier molecular flexibility index (Phi) is 2.63. The third-order valence-electron chi connectivity index (χ3n) is 2.92. The molecule has 3 aromatic rings. The largest absolute Gasteiger partial charge is 0.290 e. The van der Waals surface area contributed by atoms with Gasteiger partial charge < -0.3 is 0 Å². The van der Waals surface area contributed by atoms with Crippen molar-refractivity contribution in [2.24, 2.45) is 0 Å². The Morgan fingerprint density at radius 1 is 1.42 bits per heavy atom. The second-order valence-corrected chi connectivity index (χ2v) is 4.20. The van der Waals surface area contributed by atoms with Gasteiger partial charge in [0.1, 0.15) is 5.82 Å². The van der Waals surface area contributed by atoms with Crippen LogP contribution in [-0.2, 0) is 6.42 Å². The molecule has 6 heteroatoms. The molecule has 1 N–H and O–H groups in total. The van der Waals surface area contributed by atoms with E-state index < -0.39 is 5.82 Å². The fourth-order valence-electron chi connectivity index (χ4n) is 1.87. The van der Waals surface area contributed by atoms with Crippen molar-refractivity contribution in [3.63, 3.8) is 0 Å². The van der Waals surface area contributed by atoms with Crippen molar-refractivity contribution >= 4 is 10.9 Å². The number of aromatic nitrogens is 4. The van der Waals surface area contributed by atoms with Crippen LogP contribution < -0.4 is 5.56 Å². The first-order chi connectivity index (χ1) is 9.17. The van der Waals surface area contributed by atoms with E-state index in [0.29, 0.717) is 11.5 Å². The summed E-state index contributed by atoms with van der Waals surface area (Å²) in [5.41, 5.74) is 1.10. The number of fused-ring (bicyclic) bond motifs is 1. The van der Waals surface area contributed by atoms with E-state index in [1.807, 2.05) is 6.92 Å². The summed E-state index contributed by atoms with van der Waals surface area (Å²) >= 11 is 0. The van der Waals surface area contributed by atoms with Gasteiger partial charge in [0.2, 0.25) is 5.95 Å². The lowest BCUT2D eigenvalue weighted by atomic mass is 10.2. The lowest BCUT2D eigenvalue weighted by Gasteiger charge is -2.02. The highest BCUT2D eigenvalue weighted by Gasteiger charge is 2.07. The zero-order valence-corrected chi connectivity index (χ0v) is 10.2. The average Bonchev–Trinajstić information content (AvgIpc) is 2.88. The standard InChI is InChI=1S/C13H11FN4O/c1-2-8-6-15-18(7-8)13-16-11-4-3-9(14)5-10(11)12(19)17-13/h3-7H,2H2,1H3,(H,16,17,19). The molecule has 19 heavy (non-hydrogen) atoms. The first-order valence-corrected chi connectivity index (χ1v) is 5.91. The van der Waals surface area contributed by atoms with Crippen LogP contribution >= 0.6 is 0 Å². The highest BCUT2D eigenvalue weighted by molar-refractivity contribution is 5.77. The Balaban J connectivity index is 2.20. The number of nitrogens with one attached hydrogen (secondary N) is 1. The minimum Gasteiger partial charge on any atom is -0.290 e. The number of rotatable bonds is 2. The molecule has 0 fully saturated rings. The maximum atomic E-state index is 13.1. The van der Waals surface area contributed by atoms with E-state index in [-0.39, 0.29) is 10.9 Å². The van der Waals surface area contributed by atoms with Gasteiger partial charge in [0, 0.05) is 6.20 Å². The molecule has 0 radical (unpaired) electrons. The van der Waals surface area contributed by atoms with E-state index in [1.165, 1.54) is 22.9 Å². The van der Waals surface area contributed by atoms with Crippen molar-refractivity contribution in [2.75, 3.05) is 0 Å². The zero-order chi connectivity index (χ0) is 13.4. The number of aromatic amines is 1. The van der Waals surface area contributed by atoms with Crippen LogP contribution in [0.2, 0.25) is 0 Å². The second kappa shape index (κ2) is 4.31. The molecule has 0 aliphatic carbocycles. The van der Waals surface area contributed by atoms with Gasteiger partial charge in [-0.25, -0.2) is 14.1 Å². The van der Waals surface area contributed by atoms with E-state index >= 15 is 0 Å². The Morgan fingerprint density at radius 2 is 2.26 bits per heavy atom. The van der Waals surface area contributed by atoms with Crippen LogP contribution in [0.4, 0.5) is 4.39 Å². The Morgan fingerprint density at radius 3 is 3.00 bits per heavy atom. The van der Waals surface area contributed by atoms with Crippen LogP contribution in [0.5, 0.6) is 0 Å². The molecule has 0 spiro atoms. The first-order valence-electron chi connectivity index (χ1n) is 5.91. The zero-order valence-electron chi connectivity index (χ0n) is 10.2. The predicted molar refractivity (Wildman–Crippen MR) is 68.8 cm³/mol. The summed E-state index contributed by atoms with van der Waals surface area (Å²) in [6.07, 6.45) is 4.37. The monoisotopic (exact) mass is 258 g/mol. The molecule has 0 atom stereocenters. The summed E-state index contributed by atoms with van der Waals surface area (Å²) in [4.78, 5) is 18.8. The third-order valence-corrected chi connectivity index (χ3v) is 2.92. The van der Waals surface area contributed by atoms with Gasteiger partial charge >= 0.3 is 0 Å². The number of benzene rings is 1. The number of halogens is 1. The van der Waals surface area contributed by atoms with Crippen molar-refractivity contribution in [3.05, 3.63) is 52.3 Å². The smallest absolute Gasteiger partial charge is 0.260 e. The van der Waals surface area contributed by atoms with Gasteiger partial charge in [0.05, 0.1) is 17.1 Å². The van der Waals surface area contributed by atoms with Gasteiger partial charge in [0.25, 0.3) is 5.56 Å². The molecule has 0 aliphatic heterocycles. The highest BCUT2D eigenvalue weighted by atomic mass is 19.1. The Bertz CT molecular complexity index is 806. The van der Waals surface area contributed by atoms with Gasteiger partial charge in [0.15, 0.2) is 0 Å². The summed E-state index contributed by atoms with van der Waals surface area (Å²) < 4.78 is 14.6. The van der Waals surface area contributed by atoms with Crippen LogP contribution in [0.25, 0.3) is 16.9 Å². The van der Waals surface area contributed by atoms with Crippen LogP contribution in [-0.4, -0.2) is 19.7 Å². The van der Waals surface area contributed by atoms with Gasteiger partial charge in [-0.2, -0.15) is 5.10 Å². The molecule has 2 aromatic heterocycles. The van der Waals surface area contributed by atoms with Crippen LogP contribution in [0, 0.1) is 5.82 Å². The first kappa shape index (κ1) is 11.6. The molecule has 1 aromatic carbocycles. The molecular weight excluding hydrogens is 247 g/mol. The Labute approximate surface area is 107 Å². The normalized spacial score (nSPS) is 11.1. The lowest BCUT2D eigenvalue weighted by molar-refractivity contribution is 0.629. The van der Waals surface area contributed by atoms with Crippen molar-refractivity contribution in [1.29, 1.82) is 0 Å². The molecule has 2 heterocycles. The molecular formula is C13H11FN4O. The lowest BCUT2D eigenvalue weighted by Crippen LogP contribution is -2.14. The highest BCUT2D eigenvalue weighted by Crippen LogP contribution is 2.11. The minimum atomic E-state index is -0.458. The number of hydrogen-bond acceptors (Lipinski definition) is 3. The van der Waals surface area contributed by atoms with Crippen LogP contribution in [0.3, 0.4) is 0 Å². The minimum absolute atomic E-state index is 0.228. The quantitative estimate of drug-likeness (QED) is 0.762. The van der Waals surface area contributed by atoms with Crippen molar-refractivity contribution < 1.29 is 4.39 Å². The van der Waals surface area contributed by atoms with E-state index in [1.54, 1.807) is 12.4 Å². The maximum absolute atomic E-state index is 13.1. The molecule has 5 nitrogen and oxygen atoms in total. The van der Waals surface area contributed by atoms with E-state index in [9.17, 15) is 9.18 Å². The van der Waals surface area contributed by atoms with Gasteiger partial charge in [-0.3, -0.25) is 9.78 Å². The number of hydrogen-bond donors (Lipinski definition) is 1. The molecule has 3 rings (SSSR count). The van der Waals surface area contributed by atoms with E-state index in [4.69, 9.17) is 0 Å². The molecule has 0 saturated heterocycles. The fourth-order valence-corrected chi connectivity index (χ4v) is 1.87.